The zero-order chi connectivity index (χ0) is 19.4. The molecule has 8 nitrogen and oxygen atoms in total. The van der Waals surface area contributed by atoms with E-state index in [2.05, 4.69) is 0 Å². The van der Waals surface area contributed by atoms with Gasteiger partial charge in [0.05, 0.1) is 6.04 Å². The number of ketones is 1. The summed E-state index contributed by atoms with van der Waals surface area (Å²) >= 11 is 0. The number of likely N-dealkylation sites (N-methyl/N-ethyl adjacent to an activating group) is 1. The number of carbonyl (C=O) groups is 4. The molecular weight excluding hydrogens is 340 g/mol. The van der Waals surface area contributed by atoms with Gasteiger partial charge in [0.15, 0.2) is 11.5 Å². The van der Waals surface area contributed by atoms with Gasteiger partial charge in [-0.15, -0.1) is 0 Å². The number of amides is 2. The summed E-state index contributed by atoms with van der Waals surface area (Å²) < 4.78 is 0. The summed E-state index contributed by atoms with van der Waals surface area (Å²) in [6.45, 7) is 1.97. The van der Waals surface area contributed by atoms with E-state index in [-0.39, 0.29) is 23.8 Å². The van der Waals surface area contributed by atoms with Crippen molar-refractivity contribution in [2.45, 2.75) is 38.3 Å². The molecule has 1 aromatic carbocycles. The summed E-state index contributed by atoms with van der Waals surface area (Å²) in [5.74, 6) is -2.65. The summed E-state index contributed by atoms with van der Waals surface area (Å²) in [6.07, 6.45) is 1.78. The number of phenolic OH excluding ortho intramolecular Hbond substituents is 2. The smallest absolute Gasteiger partial charge is 0.290 e. The first kappa shape index (κ1) is 19.4. The summed E-state index contributed by atoms with van der Waals surface area (Å²) in [5, 5.41) is 18.7. The van der Waals surface area contributed by atoms with Crippen molar-refractivity contribution in [1.29, 1.82) is 0 Å². The lowest BCUT2D eigenvalue weighted by Gasteiger charge is -2.29. The maximum Gasteiger partial charge on any atom is 0.290 e. The number of aromatic hydroxyl groups is 2. The quantitative estimate of drug-likeness (QED) is 0.426. The highest BCUT2D eigenvalue weighted by molar-refractivity contribution is 6.36. The normalized spacial score (nSPS) is 17.6. The lowest BCUT2D eigenvalue weighted by Crippen LogP contribution is -2.51. The van der Waals surface area contributed by atoms with Crippen molar-refractivity contribution in [2.75, 3.05) is 13.6 Å². The molecule has 1 aromatic rings. The Hall–Kier alpha value is -2.90. The third kappa shape index (κ3) is 4.01. The van der Waals surface area contributed by atoms with Gasteiger partial charge in [-0.05, 0) is 37.5 Å². The van der Waals surface area contributed by atoms with Crippen molar-refractivity contribution in [1.82, 2.24) is 9.80 Å². The fourth-order valence-corrected chi connectivity index (χ4v) is 2.93. The van der Waals surface area contributed by atoms with Gasteiger partial charge in [0, 0.05) is 20.0 Å². The number of aldehydes is 1. The maximum atomic E-state index is 12.5. The minimum Gasteiger partial charge on any atom is -0.504 e. The fraction of sp³-hybridized carbons (Fsp3) is 0.444. The molecule has 2 atom stereocenters. The van der Waals surface area contributed by atoms with E-state index in [1.165, 1.54) is 37.1 Å². The van der Waals surface area contributed by atoms with Crippen molar-refractivity contribution in [2.24, 2.45) is 0 Å². The highest BCUT2D eigenvalue weighted by Crippen LogP contribution is 2.25. The molecule has 1 aliphatic heterocycles. The molecule has 1 fully saturated rings. The van der Waals surface area contributed by atoms with Gasteiger partial charge in [0.1, 0.15) is 12.3 Å². The van der Waals surface area contributed by atoms with Crippen molar-refractivity contribution in [3.63, 3.8) is 0 Å². The van der Waals surface area contributed by atoms with Crippen molar-refractivity contribution < 1.29 is 29.4 Å². The molecular formula is C18H22N2O6. The second-order valence-corrected chi connectivity index (χ2v) is 6.39. The van der Waals surface area contributed by atoms with Crippen LogP contribution in [0.5, 0.6) is 11.5 Å². The van der Waals surface area contributed by atoms with Crippen LogP contribution in [0.1, 0.15) is 25.3 Å². The van der Waals surface area contributed by atoms with E-state index >= 15 is 0 Å². The van der Waals surface area contributed by atoms with Gasteiger partial charge in [0.2, 0.25) is 11.7 Å². The molecule has 2 unspecified atom stereocenters. The molecule has 140 valence electrons. The van der Waals surface area contributed by atoms with E-state index in [9.17, 15) is 29.4 Å². The van der Waals surface area contributed by atoms with E-state index in [4.69, 9.17) is 0 Å². The molecule has 1 aliphatic rings. The number of rotatable bonds is 6. The molecule has 0 aliphatic carbocycles. The number of hydrogen-bond donors (Lipinski definition) is 2. The standard InChI is InChI=1S/C18H22N2O6/c1-11(17(25)20-7-3-4-13(20)10-21)19(2)18(26)16(24)9-12-5-6-14(22)15(23)8-12/h5-6,8,10-11,13,22-23H,3-4,7,9H2,1-2H3. The zero-order valence-corrected chi connectivity index (χ0v) is 14.7. The van der Waals surface area contributed by atoms with Crippen LogP contribution in [0.4, 0.5) is 0 Å². The number of Topliss-reactive ketones (excluding diaryl/α,β-unsaturated/α-hetero) is 1. The number of benzene rings is 1. The van der Waals surface area contributed by atoms with Crippen LogP contribution in [-0.2, 0) is 25.6 Å². The Labute approximate surface area is 151 Å². The van der Waals surface area contributed by atoms with Gasteiger partial charge >= 0.3 is 0 Å². The van der Waals surface area contributed by atoms with Gasteiger partial charge in [-0.2, -0.15) is 0 Å². The molecule has 26 heavy (non-hydrogen) atoms. The average Bonchev–Trinajstić information content (AvgIpc) is 3.10. The Morgan fingerprint density at radius 3 is 2.62 bits per heavy atom. The third-order valence-corrected chi connectivity index (χ3v) is 4.64. The van der Waals surface area contributed by atoms with E-state index in [1.807, 2.05) is 0 Å². The van der Waals surface area contributed by atoms with E-state index in [0.717, 1.165) is 17.6 Å². The predicted octanol–water partition coefficient (Wildman–Crippen LogP) is 0.246. The summed E-state index contributed by atoms with van der Waals surface area (Å²) in [7, 11) is 1.36. The minimum absolute atomic E-state index is 0.265. The van der Waals surface area contributed by atoms with Crippen LogP contribution in [0.25, 0.3) is 0 Å². The maximum absolute atomic E-state index is 12.5. The van der Waals surface area contributed by atoms with Gasteiger partial charge in [-0.3, -0.25) is 14.4 Å². The fourth-order valence-electron chi connectivity index (χ4n) is 2.93. The molecule has 0 radical (unpaired) electrons. The van der Waals surface area contributed by atoms with Crippen LogP contribution < -0.4 is 0 Å². The topological polar surface area (TPSA) is 115 Å². The molecule has 0 spiro atoms. The predicted molar refractivity (Wildman–Crippen MR) is 91.5 cm³/mol. The molecule has 2 amide bonds. The highest BCUT2D eigenvalue weighted by Gasteiger charge is 2.35. The van der Waals surface area contributed by atoms with Crippen LogP contribution in [-0.4, -0.2) is 69.6 Å². The third-order valence-electron chi connectivity index (χ3n) is 4.64. The number of phenols is 2. The second kappa shape index (κ2) is 7.99. The van der Waals surface area contributed by atoms with E-state index < -0.39 is 23.8 Å². The van der Waals surface area contributed by atoms with Crippen LogP contribution in [0.3, 0.4) is 0 Å². The monoisotopic (exact) mass is 362 g/mol. The van der Waals surface area contributed by atoms with Crippen LogP contribution in [0.2, 0.25) is 0 Å². The molecule has 0 saturated carbocycles. The number of likely N-dealkylation sites (tertiary alicyclic amines) is 1. The number of carbonyl (C=O) groups excluding carboxylic acids is 4. The van der Waals surface area contributed by atoms with Crippen LogP contribution in [0, 0.1) is 0 Å². The lowest BCUT2D eigenvalue weighted by molar-refractivity contribution is -0.149. The highest BCUT2D eigenvalue weighted by atomic mass is 16.3. The first-order chi connectivity index (χ1) is 12.3. The average molecular weight is 362 g/mol. The van der Waals surface area contributed by atoms with Gasteiger partial charge < -0.3 is 24.8 Å². The largest absolute Gasteiger partial charge is 0.504 e. The van der Waals surface area contributed by atoms with Gasteiger partial charge in [-0.25, -0.2) is 0 Å². The molecule has 2 N–H and O–H groups in total. The molecule has 1 saturated heterocycles. The molecule has 2 rings (SSSR count). The Morgan fingerprint density at radius 2 is 2.00 bits per heavy atom. The molecule has 0 bridgehead atoms. The first-order valence-corrected chi connectivity index (χ1v) is 8.33. The van der Waals surface area contributed by atoms with Gasteiger partial charge in [-0.1, -0.05) is 6.07 Å². The Bertz CT molecular complexity index is 732. The Morgan fingerprint density at radius 1 is 1.31 bits per heavy atom. The summed E-state index contributed by atoms with van der Waals surface area (Å²) in [6, 6.07) is 2.50. The summed E-state index contributed by atoms with van der Waals surface area (Å²) in [5.41, 5.74) is 0.367. The molecule has 8 heteroatoms. The van der Waals surface area contributed by atoms with Crippen LogP contribution >= 0.6 is 0 Å². The summed E-state index contributed by atoms with van der Waals surface area (Å²) in [4.78, 5) is 50.6. The minimum atomic E-state index is -0.875. The van der Waals surface area contributed by atoms with Crippen molar-refractivity contribution in [3.8, 4) is 11.5 Å². The number of nitrogens with zero attached hydrogens (tertiary/aromatic N) is 2. The van der Waals surface area contributed by atoms with E-state index in [0.29, 0.717) is 18.5 Å². The van der Waals surface area contributed by atoms with Crippen molar-refractivity contribution >= 4 is 23.9 Å². The SMILES string of the molecule is CC(C(=O)N1CCCC1C=O)N(C)C(=O)C(=O)Cc1ccc(O)c(O)c1. The molecule has 1 heterocycles. The van der Waals surface area contributed by atoms with Crippen molar-refractivity contribution in [3.05, 3.63) is 23.8 Å². The number of hydrogen-bond acceptors (Lipinski definition) is 6. The second-order valence-electron chi connectivity index (χ2n) is 6.39. The van der Waals surface area contributed by atoms with Gasteiger partial charge in [0.25, 0.3) is 5.91 Å². The lowest BCUT2D eigenvalue weighted by atomic mass is 10.1. The molecule has 0 aromatic heterocycles. The zero-order valence-electron chi connectivity index (χ0n) is 14.7. The van der Waals surface area contributed by atoms with E-state index in [1.54, 1.807) is 0 Å². The Kier molecular flexibility index (Phi) is 5.97. The Balaban J connectivity index is 2.02. The van der Waals surface area contributed by atoms with Crippen LogP contribution in [0.15, 0.2) is 18.2 Å². The first-order valence-electron chi connectivity index (χ1n) is 8.33.